The third kappa shape index (κ3) is 3.46. The highest BCUT2D eigenvalue weighted by Crippen LogP contribution is 2.20. The van der Waals surface area contributed by atoms with Crippen molar-refractivity contribution in [1.29, 1.82) is 0 Å². The van der Waals surface area contributed by atoms with Crippen LogP contribution in [0.4, 0.5) is 0 Å². The Bertz CT molecular complexity index is 788. The fraction of sp³-hybridized carbons (Fsp3) is 0.0625. The Morgan fingerprint density at radius 1 is 1.26 bits per heavy atom. The second-order valence-electron chi connectivity index (χ2n) is 4.64. The van der Waals surface area contributed by atoms with Crippen LogP contribution in [0.2, 0.25) is 0 Å². The molecule has 1 aliphatic heterocycles. The standard InChI is InChI=1S/C16H12N2O5/c17-14(19)9-22-11-5-3-10(4-6-11)8-12-16(20)23-15(18-12)13-2-1-7-21-13/h1-8H,9H2,(H2,17,19)/b12-8-. The van der Waals surface area contributed by atoms with E-state index in [2.05, 4.69) is 4.99 Å². The summed E-state index contributed by atoms with van der Waals surface area (Å²) in [6.45, 7) is -0.191. The molecule has 0 unspecified atom stereocenters. The van der Waals surface area contributed by atoms with E-state index in [9.17, 15) is 9.59 Å². The van der Waals surface area contributed by atoms with Gasteiger partial charge in [-0.15, -0.1) is 0 Å². The quantitative estimate of drug-likeness (QED) is 0.665. The zero-order valence-corrected chi connectivity index (χ0v) is 11.9. The van der Waals surface area contributed by atoms with Gasteiger partial charge in [0.25, 0.3) is 11.8 Å². The lowest BCUT2D eigenvalue weighted by Crippen LogP contribution is -2.19. The Morgan fingerprint density at radius 2 is 2.04 bits per heavy atom. The van der Waals surface area contributed by atoms with Crippen LogP contribution in [-0.2, 0) is 14.3 Å². The zero-order valence-electron chi connectivity index (χ0n) is 11.9. The van der Waals surface area contributed by atoms with Gasteiger partial charge in [0, 0.05) is 0 Å². The molecule has 0 atom stereocenters. The van der Waals surface area contributed by atoms with E-state index < -0.39 is 11.9 Å². The number of benzene rings is 1. The van der Waals surface area contributed by atoms with Gasteiger partial charge in [0.15, 0.2) is 18.1 Å². The maximum Gasteiger partial charge on any atom is 0.363 e. The lowest BCUT2D eigenvalue weighted by Gasteiger charge is -2.03. The average Bonchev–Trinajstić information content (AvgIpc) is 3.17. The van der Waals surface area contributed by atoms with Gasteiger partial charge in [-0.2, -0.15) is 0 Å². The number of hydrogen-bond acceptors (Lipinski definition) is 6. The van der Waals surface area contributed by atoms with Crippen molar-refractivity contribution in [2.75, 3.05) is 6.61 Å². The number of rotatable bonds is 5. The highest BCUT2D eigenvalue weighted by molar-refractivity contribution is 6.11. The molecule has 0 bridgehead atoms. The monoisotopic (exact) mass is 312 g/mol. The summed E-state index contributed by atoms with van der Waals surface area (Å²) in [6.07, 6.45) is 3.05. The number of primary amides is 1. The molecule has 1 aromatic heterocycles. The van der Waals surface area contributed by atoms with Gasteiger partial charge in [0.2, 0.25) is 0 Å². The van der Waals surface area contributed by atoms with Crippen molar-refractivity contribution in [2.24, 2.45) is 10.7 Å². The number of nitrogens with two attached hydrogens (primary N) is 1. The Kier molecular flexibility index (Phi) is 3.92. The second kappa shape index (κ2) is 6.18. The molecule has 2 N–H and O–H groups in total. The highest BCUT2D eigenvalue weighted by atomic mass is 16.6. The number of esters is 1. The first kappa shape index (κ1) is 14.6. The van der Waals surface area contributed by atoms with Crippen molar-refractivity contribution in [1.82, 2.24) is 0 Å². The summed E-state index contributed by atoms with van der Waals surface area (Å²) in [6, 6.07) is 10.1. The van der Waals surface area contributed by atoms with Crippen LogP contribution in [-0.4, -0.2) is 24.4 Å². The maximum absolute atomic E-state index is 11.8. The molecule has 0 fully saturated rings. The Morgan fingerprint density at radius 3 is 2.70 bits per heavy atom. The number of aliphatic imine (C=N–C) groups is 1. The first-order valence-corrected chi connectivity index (χ1v) is 6.69. The average molecular weight is 312 g/mol. The molecule has 0 saturated heterocycles. The van der Waals surface area contributed by atoms with Gasteiger partial charge in [0.1, 0.15) is 5.75 Å². The number of carbonyl (C=O) groups is 2. The predicted octanol–water partition coefficient (Wildman–Crippen LogP) is 1.49. The predicted molar refractivity (Wildman–Crippen MR) is 80.4 cm³/mol. The molecule has 0 aliphatic carbocycles. The number of hydrogen-bond donors (Lipinski definition) is 1. The molecular weight excluding hydrogens is 300 g/mol. The lowest BCUT2D eigenvalue weighted by atomic mass is 10.2. The fourth-order valence-electron chi connectivity index (χ4n) is 1.89. The largest absolute Gasteiger partial charge is 0.484 e. The molecule has 0 spiro atoms. The van der Waals surface area contributed by atoms with Crippen LogP contribution in [0.1, 0.15) is 11.3 Å². The minimum Gasteiger partial charge on any atom is -0.484 e. The van der Waals surface area contributed by atoms with Crippen LogP contribution in [0.15, 0.2) is 57.8 Å². The molecule has 116 valence electrons. The second-order valence-corrected chi connectivity index (χ2v) is 4.64. The fourth-order valence-corrected chi connectivity index (χ4v) is 1.89. The highest BCUT2D eigenvalue weighted by Gasteiger charge is 2.25. The molecule has 7 nitrogen and oxygen atoms in total. The molecule has 1 aliphatic rings. The number of nitrogens with zero attached hydrogens (tertiary/aromatic N) is 1. The van der Waals surface area contributed by atoms with Crippen molar-refractivity contribution in [3.63, 3.8) is 0 Å². The Balaban J connectivity index is 1.76. The van der Waals surface area contributed by atoms with Gasteiger partial charge in [-0.25, -0.2) is 9.79 Å². The molecule has 2 heterocycles. The van der Waals surface area contributed by atoms with E-state index in [0.717, 1.165) is 5.56 Å². The number of amides is 1. The molecule has 3 rings (SSSR count). The van der Waals surface area contributed by atoms with E-state index in [-0.39, 0.29) is 18.2 Å². The van der Waals surface area contributed by atoms with Crippen LogP contribution in [0.5, 0.6) is 5.75 Å². The van der Waals surface area contributed by atoms with E-state index in [1.165, 1.54) is 6.26 Å². The van der Waals surface area contributed by atoms with Crippen LogP contribution >= 0.6 is 0 Å². The molecule has 0 saturated carbocycles. The van der Waals surface area contributed by atoms with E-state index >= 15 is 0 Å². The number of carbonyl (C=O) groups excluding carboxylic acids is 2. The third-order valence-corrected chi connectivity index (χ3v) is 2.92. The lowest BCUT2D eigenvalue weighted by molar-refractivity contribution is -0.130. The topological polar surface area (TPSA) is 104 Å². The van der Waals surface area contributed by atoms with E-state index in [1.54, 1.807) is 42.5 Å². The van der Waals surface area contributed by atoms with Gasteiger partial charge in [-0.3, -0.25) is 4.79 Å². The minimum absolute atomic E-state index is 0.132. The number of cyclic esters (lactones) is 1. The normalized spacial score (nSPS) is 15.4. The van der Waals surface area contributed by atoms with E-state index in [0.29, 0.717) is 11.5 Å². The summed E-state index contributed by atoms with van der Waals surface area (Å²) in [7, 11) is 0. The summed E-state index contributed by atoms with van der Waals surface area (Å²) in [5.74, 6) is -0.0838. The summed E-state index contributed by atoms with van der Waals surface area (Å²) < 4.78 is 15.3. The van der Waals surface area contributed by atoms with Crippen molar-refractivity contribution >= 4 is 23.9 Å². The van der Waals surface area contributed by atoms with Crippen molar-refractivity contribution < 1.29 is 23.5 Å². The molecule has 23 heavy (non-hydrogen) atoms. The van der Waals surface area contributed by atoms with Crippen molar-refractivity contribution in [3.8, 4) is 5.75 Å². The first-order chi connectivity index (χ1) is 11.1. The SMILES string of the molecule is NC(=O)COc1ccc(/C=C2\N=C(c3ccco3)OC2=O)cc1. The molecule has 2 aromatic rings. The van der Waals surface area contributed by atoms with Gasteiger partial charge >= 0.3 is 5.97 Å². The minimum atomic E-state index is -0.551. The van der Waals surface area contributed by atoms with Gasteiger partial charge < -0.3 is 19.6 Å². The number of ether oxygens (including phenoxy) is 2. The van der Waals surface area contributed by atoms with Gasteiger partial charge in [0.05, 0.1) is 6.26 Å². The molecule has 1 amide bonds. The van der Waals surface area contributed by atoms with E-state index in [4.69, 9.17) is 19.6 Å². The van der Waals surface area contributed by atoms with Crippen molar-refractivity contribution in [3.05, 3.63) is 59.7 Å². The Labute approximate surface area is 131 Å². The van der Waals surface area contributed by atoms with Gasteiger partial charge in [-0.1, -0.05) is 12.1 Å². The van der Waals surface area contributed by atoms with Crippen LogP contribution < -0.4 is 10.5 Å². The smallest absolute Gasteiger partial charge is 0.363 e. The van der Waals surface area contributed by atoms with Crippen LogP contribution in [0, 0.1) is 0 Å². The molecular formula is C16H12N2O5. The Hall–Kier alpha value is -3.35. The summed E-state index contributed by atoms with van der Waals surface area (Å²) in [5.41, 5.74) is 5.90. The maximum atomic E-state index is 11.8. The zero-order chi connectivity index (χ0) is 16.2. The van der Waals surface area contributed by atoms with Gasteiger partial charge in [-0.05, 0) is 35.9 Å². The van der Waals surface area contributed by atoms with E-state index in [1.807, 2.05) is 0 Å². The third-order valence-electron chi connectivity index (χ3n) is 2.92. The molecule has 7 heteroatoms. The molecule has 1 aromatic carbocycles. The number of furan rings is 1. The van der Waals surface area contributed by atoms with Crippen LogP contribution in [0.25, 0.3) is 6.08 Å². The molecule has 0 radical (unpaired) electrons. The summed E-state index contributed by atoms with van der Waals surface area (Å²) in [5, 5.41) is 0. The van der Waals surface area contributed by atoms with Crippen LogP contribution in [0.3, 0.4) is 0 Å². The first-order valence-electron chi connectivity index (χ1n) is 6.69. The summed E-state index contributed by atoms with van der Waals surface area (Å²) >= 11 is 0. The van der Waals surface area contributed by atoms with Crippen molar-refractivity contribution in [2.45, 2.75) is 0 Å². The summed E-state index contributed by atoms with van der Waals surface area (Å²) in [4.78, 5) is 26.6.